The van der Waals surface area contributed by atoms with Crippen molar-refractivity contribution in [2.75, 3.05) is 31.5 Å². The predicted molar refractivity (Wildman–Crippen MR) is 87.4 cm³/mol. The Kier molecular flexibility index (Phi) is 5.88. The molecule has 2 amide bonds. The fourth-order valence-electron chi connectivity index (χ4n) is 2.69. The Hall–Kier alpha value is -2.02. The van der Waals surface area contributed by atoms with Gasteiger partial charge in [0.2, 0.25) is 11.8 Å². The highest BCUT2D eigenvalue weighted by molar-refractivity contribution is 5.94. The first kappa shape index (κ1) is 18.3. The Morgan fingerprint density at radius 3 is 2.25 bits per heavy atom. The van der Waals surface area contributed by atoms with E-state index in [9.17, 15) is 18.4 Å². The molecule has 1 aromatic rings. The number of anilines is 1. The van der Waals surface area contributed by atoms with Gasteiger partial charge in [0.15, 0.2) is 0 Å². The van der Waals surface area contributed by atoms with Crippen LogP contribution in [-0.4, -0.2) is 53.8 Å². The van der Waals surface area contributed by atoms with Gasteiger partial charge >= 0.3 is 0 Å². The number of nitrogens with zero attached hydrogens (tertiary/aromatic N) is 2. The number of nitrogens with one attached hydrogen (secondary N) is 1. The van der Waals surface area contributed by atoms with Crippen molar-refractivity contribution in [2.24, 2.45) is 5.92 Å². The van der Waals surface area contributed by atoms with E-state index >= 15 is 0 Å². The quantitative estimate of drug-likeness (QED) is 0.914. The lowest BCUT2D eigenvalue weighted by atomic mass is 10.1. The van der Waals surface area contributed by atoms with Gasteiger partial charge in [-0.05, 0) is 19.1 Å². The van der Waals surface area contributed by atoms with Crippen LogP contribution in [0, 0.1) is 17.6 Å². The number of carbonyl (C=O) groups excluding carboxylic acids is 2. The molecule has 0 aromatic heterocycles. The van der Waals surface area contributed by atoms with Crippen molar-refractivity contribution < 1.29 is 18.4 Å². The first-order valence-electron chi connectivity index (χ1n) is 8.08. The minimum Gasteiger partial charge on any atom is -0.340 e. The molecule has 1 atom stereocenters. The van der Waals surface area contributed by atoms with E-state index in [4.69, 9.17) is 0 Å². The molecule has 2 rings (SSSR count). The molecule has 0 radical (unpaired) electrons. The van der Waals surface area contributed by atoms with Gasteiger partial charge in [-0.2, -0.15) is 0 Å². The van der Waals surface area contributed by atoms with E-state index in [1.54, 1.807) is 11.8 Å². The third-order valence-electron chi connectivity index (χ3n) is 4.24. The maximum atomic E-state index is 13.6. The second-order valence-electron chi connectivity index (χ2n) is 6.31. The number of hydrogen-bond acceptors (Lipinski definition) is 3. The van der Waals surface area contributed by atoms with Crippen molar-refractivity contribution in [1.82, 2.24) is 9.80 Å². The first-order chi connectivity index (χ1) is 11.3. The number of rotatable bonds is 4. The Labute approximate surface area is 140 Å². The van der Waals surface area contributed by atoms with Crippen molar-refractivity contribution >= 4 is 17.5 Å². The highest BCUT2D eigenvalue weighted by Crippen LogP contribution is 2.16. The minimum absolute atomic E-state index is 0.0399. The average molecular weight is 339 g/mol. The van der Waals surface area contributed by atoms with Gasteiger partial charge in [0.1, 0.15) is 11.6 Å². The van der Waals surface area contributed by atoms with Crippen molar-refractivity contribution in [2.45, 2.75) is 26.8 Å². The highest BCUT2D eigenvalue weighted by Gasteiger charge is 2.28. The second kappa shape index (κ2) is 7.70. The largest absolute Gasteiger partial charge is 0.340 e. The predicted octanol–water partition coefficient (Wildman–Crippen LogP) is 2.09. The third-order valence-corrected chi connectivity index (χ3v) is 4.24. The van der Waals surface area contributed by atoms with Crippen LogP contribution < -0.4 is 5.32 Å². The van der Waals surface area contributed by atoms with Crippen LogP contribution in [0.5, 0.6) is 0 Å². The standard InChI is InChI=1S/C17H23F2N3O2/c1-11(2)17(24)22-8-6-21(7-9-22)12(3)16(23)20-15-5-4-13(18)10-14(15)19/h4-5,10-12H,6-9H2,1-3H3,(H,20,23)/t12-/m0/s1. The molecule has 24 heavy (non-hydrogen) atoms. The highest BCUT2D eigenvalue weighted by atomic mass is 19.1. The molecule has 7 heteroatoms. The molecular formula is C17H23F2N3O2. The summed E-state index contributed by atoms with van der Waals surface area (Å²) in [4.78, 5) is 28.0. The van der Waals surface area contributed by atoms with E-state index in [1.165, 1.54) is 6.07 Å². The number of hydrogen-bond donors (Lipinski definition) is 1. The molecule has 1 aliphatic rings. The molecule has 5 nitrogen and oxygen atoms in total. The fourth-order valence-corrected chi connectivity index (χ4v) is 2.69. The molecule has 1 aromatic carbocycles. The zero-order chi connectivity index (χ0) is 17.9. The third kappa shape index (κ3) is 4.29. The minimum atomic E-state index is -0.803. The van der Waals surface area contributed by atoms with Gasteiger partial charge < -0.3 is 10.2 Å². The molecule has 0 spiro atoms. The lowest BCUT2D eigenvalue weighted by Gasteiger charge is -2.38. The average Bonchev–Trinajstić information content (AvgIpc) is 2.56. The first-order valence-corrected chi connectivity index (χ1v) is 8.08. The molecule has 1 aliphatic heterocycles. The number of benzene rings is 1. The van der Waals surface area contributed by atoms with Crippen LogP contribution in [0.2, 0.25) is 0 Å². The van der Waals surface area contributed by atoms with Gasteiger partial charge in [-0.3, -0.25) is 14.5 Å². The fraction of sp³-hybridized carbons (Fsp3) is 0.529. The summed E-state index contributed by atoms with van der Waals surface area (Å²) in [5.74, 6) is -1.78. The van der Waals surface area contributed by atoms with E-state index in [-0.39, 0.29) is 23.4 Å². The van der Waals surface area contributed by atoms with E-state index in [0.717, 1.165) is 12.1 Å². The van der Waals surface area contributed by atoms with Gasteiger partial charge in [0.25, 0.3) is 0 Å². The molecule has 1 N–H and O–H groups in total. The lowest BCUT2D eigenvalue weighted by molar-refractivity contribution is -0.136. The van der Waals surface area contributed by atoms with E-state index in [0.29, 0.717) is 26.2 Å². The summed E-state index contributed by atoms with van der Waals surface area (Å²) in [5, 5.41) is 2.48. The molecule has 1 saturated heterocycles. The smallest absolute Gasteiger partial charge is 0.241 e. The number of halogens is 2. The van der Waals surface area contributed by atoms with Gasteiger partial charge in [-0.25, -0.2) is 8.78 Å². The normalized spacial score (nSPS) is 17.0. The summed E-state index contributed by atoms with van der Waals surface area (Å²) >= 11 is 0. The molecular weight excluding hydrogens is 316 g/mol. The lowest BCUT2D eigenvalue weighted by Crippen LogP contribution is -2.54. The van der Waals surface area contributed by atoms with Crippen LogP contribution in [0.1, 0.15) is 20.8 Å². The van der Waals surface area contributed by atoms with Crippen LogP contribution in [0.3, 0.4) is 0 Å². The van der Waals surface area contributed by atoms with Crippen molar-refractivity contribution in [1.29, 1.82) is 0 Å². The Morgan fingerprint density at radius 2 is 1.71 bits per heavy atom. The van der Waals surface area contributed by atoms with Crippen LogP contribution in [0.25, 0.3) is 0 Å². The molecule has 132 valence electrons. The molecule has 1 fully saturated rings. The van der Waals surface area contributed by atoms with Crippen molar-refractivity contribution in [3.8, 4) is 0 Å². The molecule has 0 bridgehead atoms. The topological polar surface area (TPSA) is 52.7 Å². The Balaban J connectivity index is 1.91. The summed E-state index contributed by atoms with van der Waals surface area (Å²) in [6, 6.07) is 2.57. The van der Waals surface area contributed by atoms with Gasteiger partial charge in [0.05, 0.1) is 11.7 Å². The van der Waals surface area contributed by atoms with E-state index < -0.39 is 17.7 Å². The molecule has 0 aliphatic carbocycles. The van der Waals surface area contributed by atoms with Crippen LogP contribution in [0.15, 0.2) is 18.2 Å². The molecule has 0 unspecified atom stereocenters. The van der Waals surface area contributed by atoms with Crippen molar-refractivity contribution in [3.63, 3.8) is 0 Å². The monoisotopic (exact) mass is 339 g/mol. The summed E-state index contributed by atoms with van der Waals surface area (Å²) in [7, 11) is 0. The summed E-state index contributed by atoms with van der Waals surface area (Å²) in [6.07, 6.45) is 0. The maximum Gasteiger partial charge on any atom is 0.241 e. The number of carbonyl (C=O) groups is 2. The second-order valence-corrected chi connectivity index (χ2v) is 6.31. The summed E-state index contributed by atoms with van der Waals surface area (Å²) in [6.45, 7) is 7.76. The van der Waals surface area contributed by atoms with Crippen LogP contribution in [0.4, 0.5) is 14.5 Å². The number of amides is 2. The van der Waals surface area contributed by atoms with E-state index in [1.807, 2.05) is 18.7 Å². The zero-order valence-electron chi connectivity index (χ0n) is 14.2. The Bertz CT molecular complexity index is 614. The van der Waals surface area contributed by atoms with Gasteiger partial charge in [-0.15, -0.1) is 0 Å². The Morgan fingerprint density at radius 1 is 1.08 bits per heavy atom. The van der Waals surface area contributed by atoms with Crippen LogP contribution in [-0.2, 0) is 9.59 Å². The zero-order valence-corrected chi connectivity index (χ0v) is 14.2. The number of piperazine rings is 1. The van der Waals surface area contributed by atoms with E-state index in [2.05, 4.69) is 5.32 Å². The summed E-state index contributed by atoms with van der Waals surface area (Å²) in [5.41, 5.74) is -0.0399. The molecule has 1 heterocycles. The SMILES string of the molecule is CC(C)C(=O)N1CCN([C@@H](C)C(=O)Nc2ccc(F)cc2F)CC1. The maximum absolute atomic E-state index is 13.6. The van der Waals surface area contributed by atoms with Gasteiger partial charge in [0, 0.05) is 38.2 Å². The summed E-state index contributed by atoms with van der Waals surface area (Å²) < 4.78 is 26.5. The van der Waals surface area contributed by atoms with Gasteiger partial charge in [-0.1, -0.05) is 13.8 Å². The van der Waals surface area contributed by atoms with Crippen molar-refractivity contribution in [3.05, 3.63) is 29.8 Å². The van der Waals surface area contributed by atoms with Crippen LogP contribution >= 0.6 is 0 Å². The molecule has 0 saturated carbocycles.